The highest BCUT2D eigenvalue weighted by molar-refractivity contribution is 5.97. The number of hydrogen-bond acceptors (Lipinski definition) is 2. The third-order valence-corrected chi connectivity index (χ3v) is 4.43. The van der Waals surface area contributed by atoms with Crippen LogP contribution in [0.3, 0.4) is 0 Å². The van der Waals surface area contributed by atoms with E-state index in [0.717, 1.165) is 17.3 Å². The van der Waals surface area contributed by atoms with E-state index in [2.05, 4.69) is 51.7 Å². The van der Waals surface area contributed by atoms with Crippen LogP contribution in [0, 0.1) is 0 Å². The first kappa shape index (κ1) is 16.1. The van der Waals surface area contributed by atoms with Crippen LogP contribution in [0.5, 0.6) is 0 Å². The van der Waals surface area contributed by atoms with Gasteiger partial charge < -0.3 is 10.3 Å². The molecule has 4 heteroatoms. The van der Waals surface area contributed by atoms with Crippen molar-refractivity contribution >= 4 is 16.8 Å². The zero-order chi connectivity index (χ0) is 17.8. The Morgan fingerprint density at radius 2 is 1.73 bits per heavy atom. The molecule has 26 heavy (non-hydrogen) atoms. The van der Waals surface area contributed by atoms with Crippen LogP contribution in [0.2, 0.25) is 0 Å². The van der Waals surface area contributed by atoms with Crippen LogP contribution in [0.4, 0.5) is 0 Å². The van der Waals surface area contributed by atoms with E-state index in [9.17, 15) is 4.79 Å². The van der Waals surface area contributed by atoms with Gasteiger partial charge in [-0.2, -0.15) is 0 Å². The summed E-state index contributed by atoms with van der Waals surface area (Å²) in [6.07, 6.45) is 4.25. The maximum Gasteiger partial charge on any atom is 0.267 e. The Morgan fingerprint density at radius 1 is 0.962 bits per heavy atom. The van der Waals surface area contributed by atoms with E-state index in [1.165, 1.54) is 16.7 Å². The van der Waals surface area contributed by atoms with Crippen LogP contribution >= 0.6 is 0 Å². The Labute approximate surface area is 151 Å². The van der Waals surface area contributed by atoms with Gasteiger partial charge in [0.15, 0.2) is 0 Å². The molecule has 4 aromatic rings. The van der Waals surface area contributed by atoms with Gasteiger partial charge in [-0.25, -0.2) is 0 Å². The Kier molecular flexibility index (Phi) is 4.48. The summed E-state index contributed by atoms with van der Waals surface area (Å²) in [7, 11) is 0. The molecule has 0 saturated heterocycles. The summed E-state index contributed by atoms with van der Waals surface area (Å²) in [5.74, 6) is -0.0953. The van der Waals surface area contributed by atoms with Crippen LogP contribution in [-0.4, -0.2) is 22.4 Å². The van der Waals surface area contributed by atoms with Crippen molar-refractivity contribution in [2.75, 3.05) is 6.54 Å². The molecule has 2 heterocycles. The fraction of sp³-hybridized carbons (Fsp3) is 0.0909. The van der Waals surface area contributed by atoms with E-state index in [1.807, 2.05) is 30.3 Å². The summed E-state index contributed by atoms with van der Waals surface area (Å²) in [5, 5.41) is 3.90. The number of nitrogens with zero attached hydrogens (tertiary/aromatic N) is 1. The average molecular weight is 341 g/mol. The quantitative estimate of drug-likeness (QED) is 0.571. The van der Waals surface area contributed by atoms with Gasteiger partial charge in [-0.05, 0) is 35.2 Å². The Balaban J connectivity index is 1.35. The number of carbonyl (C=O) groups is 1. The summed E-state index contributed by atoms with van der Waals surface area (Å²) < 4.78 is 0. The molecule has 0 bridgehead atoms. The predicted octanol–water partition coefficient (Wildman–Crippen LogP) is 4.20. The minimum absolute atomic E-state index is 0.0953. The molecule has 0 saturated carbocycles. The number of hydrogen-bond donors (Lipinski definition) is 2. The molecule has 0 aliphatic carbocycles. The molecule has 0 radical (unpaired) electrons. The third-order valence-electron chi connectivity index (χ3n) is 4.43. The Morgan fingerprint density at radius 3 is 2.50 bits per heavy atom. The van der Waals surface area contributed by atoms with E-state index in [-0.39, 0.29) is 5.91 Å². The largest absolute Gasteiger partial charge is 0.350 e. The highest BCUT2D eigenvalue weighted by Gasteiger charge is 2.08. The number of fused-ring (bicyclic) bond motifs is 1. The Hall–Kier alpha value is -3.40. The maximum atomic E-state index is 12.3. The lowest BCUT2D eigenvalue weighted by molar-refractivity contribution is 0.0950. The van der Waals surface area contributed by atoms with Gasteiger partial charge in [0, 0.05) is 29.8 Å². The highest BCUT2D eigenvalue weighted by Crippen LogP contribution is 2.19. The second-order valence-electron chi connectivity index (χ2n) is 6.21. The van der Waals surface area contributed by atoms with Crippen molar-refractivity contribution in [1.29, 1.82) is 0 Å². The molecule has 128 valence electrons. The molecule has 4 rings (SSSR count). The van der Waals surface area contributed by atoms with Crippen LogP contribution < -0.4 is 5.32 Å². The van der Waals surface area contributed by atoms with E-state index in [4.69, 9.17) is 0 Å². The summed E-state index contributed by atoms with van der Waals surface area (Å²) >= 11 is 0. The van der Waals surface area contributed by atoms with Crippen LogP contribution in [0.25, 0.3) is 22.0 Å². The van der Waals surface area contributed by atoms with E-state index in [1.54, 1.807) is 12.4 Å². The first-order valence-corrected chi connectivity index (χ1v) is 8.65. The fourth-order valence-corrected chi connectivity index (χ4v) is 3.00. The van der Waals surface area contributed by atoms with Gasteiger partial charge in [-0.15, -0.1) is 0 Å². The molecule has 0 aliphatic heterocycles. The van der Waals surface area contributed by atoms with Crippen molar-refractivity contribution in [3.63, 3.8) is 0 Å². The number of aromatic nitrogens is 2. The van der Waals surface area contributed by atoms with Crippen LogP contribution in [-0.2, 0) is 6.42 Å². The number of rotatable bonds is 5. The van der Waals surface area contributed by atoms with Crippen molar-refractivity contribution in [2.24, 2.45) is 0 Å². The number of nitrogens with one attached hydrogen (secondary N) is 2. The second-order valence-corrected chi connectivity index (χ2v) is 6.21. The van der Waals surface area contributed by atoms with Gasteiger partial charge in [-0.3, -0.25) is 9.78 Å². The first-order valence-electron chi connectivity index (χ1n) is 8.65. The number of pyridine rings is 1. The molecule has 2 aromatic heterocycles. The third kappa shape index (κ3) is 3.49. The van der Waals surface area contributed by atoms with Gasteiger partial charge in [0.1, 0.15) is 5.69 Å². The molecule has 0 unspecified atom stereocenters. The van der Waals surface area contributed by atoms with Gasteiger partial charge in [0.25, 0.3) is 5.91 Å². The lowest BCUT2D eigenvalue weighted by Gasteiger charge is -2.06. The van der Waals surface area contributed by atoms with Crippen molar-refractivity contribution in [3.8, 4) is 11.1 Å². The molecule has 1 amide bonds. The molecule has 0 fully saturated rings. The maximum absolute atomic E-state index is 12.3. The summed E-state index contributed by atoms with van der Waals surface area (Å²) in [6.45, 7) is 0.594. The average Bonchev–Trinajstić information content (AvgIpc) is 3.13. The number of amides is 1. The molecule has 0 aliphatic rings. The molecular formula is C22H19N3O. The smallest absolute Gasteiger partial charge is 0.267 e. The topological polar surface area (TPSA) is 57.8 Å². The van der Waals surface area contributed by atoms with E-state index < -0.39 is 0 Å². The van der Waals surface area contributed by atoms with Crippen LogP contribution in [0.15, 0.2) is 79.1 Å². The number of benzene rings is 2. The number of H-pyrrole nitrogens is 1. The molecule has 2 N–H and O–H groups in total. The SMILES string of the molecule is O=C(NCCc1ccc(-c2ccccc2)cc1)c1cc2cnccc2[nH]1. The minimum atomic E-state index is -0.0953. The van der Waals surface area contributed by atoms with Crippen molar-refractivity contribution < 1.29 is 4.79 Å². The molecule has 2 aromatic carbocycles. The predicted molar refractivity (Wildman–Crippen MR) is 104 cm³/mol. The van der Waals surface area contributed by atoms with E-state index in [0.29, 0.717) is 12.2 Å². The monoisotopic (exact) mass is 341 g/mol. The highest BCUT2D eigenvalue weighted by atomic mass is 16.1. The van der Waals surface area contributed by atoms with Crippen molar-refractivity contribution in [1.82, 2.24) is 15.3 Å². The van der Waals surface area contributed by atoms with Gasteiger partial charge in [0.05, 0.1) is 0 Å². The summed E-state index contributed by atoms with van der Waals surface area (Å²) in [4.78, 5) is 19.5. The Bertz CT molecular complexity index is 987. The summed E-state index contributed by atoms with van der Waals surface area (Å²) in [5.41, 5.74) is 5.09. The fourth-order valence-electron chi connectivity index (χ4n) is 3.00. The number of aromatic amines is 1. The summed E-state index contributed by atoms with van der Waals surface area (Å²) in [6, 6.07) is 22.5. The van der Waals surface area contributed by atoms with Crippen molar-refractivity contribution in [2.45, 2.75) is 6.42 Å². The first-order chi connectivity index (χ1) is 12.8. The van der Waals surface area contributed by atoms with Crippen molar-refractivity contribution in [3.05, 3.63) is 90.4 Å². The molecular weight excluding hydrogens is 322 g/mol. The zero-order valence-corrected chi connectivity index (χ0v) is 14.3. The normalized spacial score (nSPS) is 10.8. The molecule has 0 atom stereocenters. The van der Waals surface area contributed by atoms with E-state index >= 15 is 0 Å². The lowest BCUT2D eigenvalue weighted by Crippen LogP contribution is -2.25. The lowest BCUT2D eigenvalue weighted by atomic mass is 10.0. The van der Waals surface area contributed by atoms with Crippen LogP contribution in [0.1, 0.15) is 16.1 Å². The van der Waals surface area contributed by atoms with Gasteiger partial charge in [0.2, 0.25) is 0 Å². The zero-order valence-electron chi connectivity index (χ0n) is 14.3. The number of carbonyl (C=O) groups excluding carboxylic acids is 1. The minimum Gasteiger partial charge on any atom is -0.350 e. The standard InChI is InChI=1S/C22H19N3O/c26-22(21-14-19-15-23-12-11-20(19)25-21)24-13-10-16-6-8-18(9-7-16)17-4-2-1-3-5-17/h1-9,11-12,14-15,25H,10,13H2,(H,24,26). The van der Waals surface area contributed by atoms with Gasteiger partial charge >= 0.3 is 0 Å². The molecule has 4 nitrogen and oxygen atoms in total. The molecule has 0 spiro atoms. The van der Waals surface area contributed by atoms with Gasteiger partial charge in [-0.1, -0.05) is 54.6 Å². The second kappa shape index (κ2) is 7.23.